The van der Waals surface area contributed by atoms with Crippen LogP contribution in [0.15, 0.2) is 12.4 Å². The number of piperidine rings is 1. The Bertz CT molecular complexity index is 519. The number of carbonyl (C=O) groups is 1. The summed E-state index contributed by atoms with van der Waals surface area (Å²) in [7, 11) is 1.54. The van der Waals surface area contributed by atoms with Crippen LogP contribution in [0.1, 0.15) is 19.3 Å². The minimum absolute atomic E-state index is 0.00959. The van der Waals surface area contributed by atoms with Crippen molar-refractivity contribution in [2.45, 2.75) is 25.4 Å². The summed E-state index contributed by atoms with van der Waals surface area (Å²) in [6.45, 7) is 2.61. The van der Waals surface area contributed by atoms with Crippen LogP contribution in [0.25, 0.3) is 0 Å². The summed E-state index contributed by atoms with van der Waals surface area (Å²) in [5, 5.41) is 0. The highest BCUT2D eigenvalue weighted by Crippen LogP contribution is 2.21. The number of ether oxygens (including phenoxy) is 3. The average molecular weight is 307 g/mol. The molecule has 1 aromatic heterocycles. The lowest BCUT2D eigenvalue weighted by molar-refractivity contribution is -0.138. The molecule has 2 aliphatic heterocycles. The first kappa shape index (κ1) is 15.0. The number of amides is 1. The molecule has 3 heterocycles. The lowest BCUT2D eigenvalue weighted by Gasteiger charge is -2.33. The molecule has 0 N–H and O–H groups in total. The van der Waals surface area contributed by atoms with E-state index in [0.29, 0.717) is 31.5 Å². The van der Waals surface area contributed by atoms with Crippen molar-refractivity contribution in [2.24, 2.45) is 5.92 Å². The van der Waals surface area contributed by atoms with E-state index in [4.69, 9.17) is 14.2 Å². The van der Waals surface area contributed by atoms with Gasteiger partial charge in [-0.3, -0.25) is 9.78 Å². The zero-order valence-corrected chi connectivity index (χ0v) is 12.7. The Morgan fingerprint density at radius 2 is 2.23 bits per heavy atom. The highest BCUT2D eigenvalue weighted by molar-refractivity contribution is 5.79. The molecular weight excluding hydrogens is 286 g/mol. The average Bonchev–Trinajstić information content (AvgIpc) is 3.09. The summed E-state index contributed by atoms with van der Waals surface area (Å²) in [4.78, 5) is 22.6. The van der Waals surface area contributed by atoms with Crippen LogP contribution in [0.3, 0.4) is 0 Å². The fourth-order valence-electron chi connectivity index (χ4n) is 2.88. The number of rotatable bonds is 4. The minimum Gasteiger partial charge on any atom is -0.480 e. The molecule has 0 unspecified atom stereocenters. The zero-order valence-electron chi connectivity index (χ0n) is 12.7. The van der Waals surface area contributed by atoms with E-state index in [1.807, 2.05) is 4.90 Å². The molecule has 22 heavy (non-hydrogen) atoms. The second-order valence-electron chi connectivity index (χ2n) is 5.63. The molecule has 0 radical (unpaired) electrons. The van der Waals surface area contributed by atoms with Gasteiger partial charge in [-0.2, -0.15) is 4.98 Å². The van der Waals surface area contributed by atoms with E-state index in [9.17, 15) is 4.79 Å². The van der Waals surface area contributed by atoms with E-state index in [1.165, 1.54) is 6.20 Å². The maximum Gasteiger partial charge on any atom is 0.235 e. The van der Waals surface area contributed by atoms with Crippen molar-refractivity contribution in [1.29, 1.82) is 0 Å². The van der Waals surface area contributed by atoms with E-state index in [-0.39, 0.29) is 17.9 Å². The van der Waals surface area contributed by atoms with Crippen molar-refractivity contribution in [3.05, 3.63) is 12.4 Å². The first-order valence-corrected chi connectivity index (χ1v) is 7.65. The highest BCUT2D eigenvalue weighted by Gasteiger charge is 2.31. The van der Waals surface area contributed by atoms with E-state index in [1.54, 1.807) is 13.3 Å². The van der Waals surface area contributed by atoms with Crippen molar-refractivity contribution in [1.82, 2.24) is 14.9 Å². The van der Waals surface area contributed by atoms with Gasteiger partial charge in [0.25, 0.3) is 0 Å². The van der Waals surface area contributed by atoms with Gasteiger partial charge in [0.2, 0.25) is 17.7 Å². The number of aromatic nitrogens is 2. The first-order valence-electron chi connectivity index (χ1n) is 7.65. The van der Waals surface area contributed by atoms with Crippen LogP contribution in [0.4, 0.5) is 0 Å². The molecule has 2 saturated heterocycles. The second kappa shape index (κ2) is 6.91. The number of likely N-dealkylation sites (tertiary alicyclic amines) is 1. The molecule has 2 atom stereocenters. The Hall–Kier alpha value is -1.89. The second-order valence-corrected chi connectivity index (χ2v) is 5.63. The summed E-state index contributed by atoms with van der Waals surface area (Å²) >= 11 is 0. The van der Waals surface area contributed by atoms with Gasteiger partial charge in [-0.05, 0) is 19.3 Å². The molecule has 0 aromatic carbocycles. The van der Waals surface area contributed by atoms with Crippen LogP contribution >= 0.6 is 0 Å². The lowest BCUT2D eigenvalue weighted by Crippen LogP contribution is -2.46. The van der Waals surface area contributed by atoms with Crippen molar-refractivity contribution in [2.75, 3.05) is 33.4 Å². The normalized spacial score (nSPS) is 25.0. The number of methoxy groups -OCH3 is 1. The molecule has 3 rings (SSSR count). The molecule has 1 amide bonds. The van der Waals surface area contributed by atoms with Crippen molar-refractivity contribution in [3.8, 4) is 11.8 Å². The molecule has 0 aliphatic carbocycles. The minimum atomic E-state index is -0.0542. The monoisotopic (exact) mass is 307 g/mol. The topological polar surface area (TPSA) is 73.8 Å². The van der Waals surface area contributed by atoms with E-state index >= 15 is 0 Å². The highest BCUT2D eigenvalue weighted by atomic mass is 16.5. The fourth-order valence-corrected chi connectivity index (χ4v) is 2.88. The van der Waals surface area contributed by atoms with E-state index in [0.717, 1.165) is 25.8 Å². The number of hydrogen-bond donors (Lipinski definition) is 0. The summed E-state index contributed by atoms with van der Waals surface area (Å²) in [6, 6.07) is 0. The van der Waals surface area contributed by atoms with Gasteiger partial charge in [0, 0.05) is 13.2 Å². The number of carbonyl (C=O) groups excluding carboxylic acids is 1. The molecule has 120 valence electrons. The first-order chi connectivity index (χ1) is 10.8. The third kappa shape index (κ3) is 3.47. The van der Waals surface area contributed by atoms with Gasteiger partial charge in [-0.25, -0.2) is 0 Å². The Balaban J connectivity index is 1.59. The standard InChI is InChI=1S/C15H21N3O4/c1-20-13-7-16-8-14(17-13)22-12-3-2-5-18(9-12)15(19)11-4-6-21-10-11/h7-8,11-12H,2-6,9-10H2,1H3/t11-,12+/m0/s1. The van der Waals surface area contributed by atoms with Gasteiger partial charge < -0.3 is 19.1 Å². The summed E-state index contributed by atoms with van der Waals surface area (Å²) in [5.74, 6) is 1.05. The predicted octanol–water partition coefficient (Wildman–Crippen LogP) is 0.891. The summed E-state index contributed by atoms with van der Waals surface area (Å²) in [5.41, 5.74) is 0. The molecule has 7 nitrogen and oxygen atoms in total. The third-order valence-electron chi connectivity index (χ3n) is 4.06. The predicted molar refractivity (Wildman–Crippen MR) is 77.7 cm³/mol. The van der Waals surface area contributed by atoms with Gasteiger partial charge in [0.15, 0.2) is 0 Å². The maximum absolute atomic E-state index is 12.4. The molecule has 1 aromatic rings. The molecule has 0 bridgehead atoms. The summed E-state index contributed by atoms with van der Waals surface area (Å²) < 4.78 is 16.2. The zero-order chi connectivity index (χ0) is 15.4. The van der Waals surface area contributed by atoms with Crippen LogP contribution in [-0.4, -0.2) is 60.3 Å². The van der Waals surface area contributed by atoms with Crippen LogP contribution in [-0.2, 0) is 9.53 Å². The smallest absolute Gasteiger partial charge is 0.235 e. The quantitative estimate of drug-likeness (QED) is 0.822. The van der Waals surface area contributed by atoms with E-state index < -0.39 is 0 Å². The maximum atomic E-state index is 12.4. The van der Waals surface area contributed by atoms with Crippen LogP contribution in [0, 0.1) is 5.92 Å². The molecular formula is C15H21N3O4. The van der Waals surface area contributed by atoms with Gasteiger partial charge in [-0.1, -0.05) is 0 Å². The van der Waals surface area contributed by atoms with Crippen molar-refractivity contribution in [3.63, 3.8) is 0 Å². The van der Waals surface area contributed by atoms with Crippen LogP contribution in [0.2, 0.25) is 0 Å². The van der Waals surface area contributed by atoms with Gasteiger partial charge in [0.05, 0.1) is 38.6 Å². The third-order valence-corrected chi connectivity index (χ3v) is 4.06. The summed E-state index contributed by atoms with van der Waals surface area (Å²) in [6.07, 6.45) is 5.70. The van der Waals surface area contributed by atoms with Crippen molar-refractivity contribution < 1.29 is 19.0 Å². The lowest BCUT2D eigenvalue weighted by atomic mass is 10.0. The molecule has 2 aliphatic rings. The van der Waals surface area contributed by atoms with E-state index in [2.05, 4.69) is 9.97 Å². The molecule has 7 heteroatoms. The Labute approximate surface area is 129 Å². The van der Waals surface area contributed by atoms with Crippen LogP contribution < -0.4 is 9.47 Å². The Kier molecular flexibility index (Phi) is 4.72. The Morgan fingerprint density at radius 1 is 1.36 bits per heavy atom. The fraction of sp³-hybridized carbons (Fsp3) is 0.667. The Morgan fingerprint density at radius 3 is 3.00 bits per heavy atom. The SMILES string of the molecule is COc1cncc(O[C@@H]2CCCN(C(=O)[C@H]3CCOC3)C2)n1. The molecule has 0 spiro atoms. The number of nitrogens with zero attached hydrogens (tertiary/aromatic N) is 3. The van der Waals surface area contributed by atoms with Crippen molar-refractivity contribution >= 4 is 5.91 Å². The van der Waals surface area contributed by atoms with Gasteiger partial charge >= 0.3 is 0 Å². The largest absolute Gasteiger partial charge is 0.480 e. The molecule has 2 fully saturated rings. The van der Waals surface area contributed by atoms with Crippen LogP contribution in [0.5, 0.6) is 11.8 Å². The molecule has 0 saturated carbocycles. The number of hydrogen-bond acceptors (Lipinski definition) is 6. The van der Waals surface area contributed by atoms with Gasteiger partial charge in [-0.15, -0.1) is 0 Å². The van der Waals surface area contributed by atoms with Gasteiger partial charge in [0.1, 0.15) is 6.10 Å².